The monoisotopic (exact) mass is 485 g/mol. The highest BCUT2D eigenvalue weighted by Crippen LogP contribution is 2.34. The van der Waals surface area contributed by atoms with Gasteiger partial charge in [-0.1, -0.05) is 36.0 Å². The molecule has 0 aliphatic rings. The zero-order valence-electron chi connectivity index (χ0n) is 17.8. The summed E-state index contributed by atoms with van der Waals surface area (Å²) in [5.41, 5.74) is 1.21. The van der Waals surface area contributed by atoms with Crippen molar-refractivity contribution in [2.24, 2.45) is 0 Å². The van der Waals surface area contributed by atoms with Crippen molar-refractivity contribution in [3.8, 4) is 0 Å². The summed E-state index contributed by atoms with van der Waals surface area (Å²) in [7, 11) is 0. The fraction of sp³-hybridized carbons (Fsp3) is 0.130. The highest BCUT2D eigenvalue weighted by molar-refractivity contribution is 7.99. The minimum atomic E-state index is -4.59. The van der Waals surface area contributed by atoms with Gasteiger partial charge in [-0.05, 0) is 48.9 Å². The minimum Gasteiger partial charge on any atom is -0.325 e. The molecule has 2 aromatic heterocycles. The number of aryl methyl sites for hydroxylation is 1. The van der Waals surface area contributed by atoms with Gasteiger partial charge in [-0.15, -0.1) is 10.2 Å². The van der Waals surface area contributed by atoms with E-state index in [9.17, 15) is 22.8 Å². The lowest BCUT2D eigenvalue weighted by Gasteiger charge is -2.13. The van der Waals surface area contributed by atoms with Crippen molar-refractivity contribution in [1.82, 2.24) is 14.6 Å². The quantitative estimate of drug-likeness (QED) is 0.374. The van der Waals surface area contributed by atoms with Gasteiger partial charge < -0.3 is 10.6 Å². The Morgan fingerprint density at radius 1 is 1.00 bits per heavy atom. The third-order valence-electron chi connectivity index (χ3n) is 4.75. The maximum atomic E-state index is 13.1. The van der Waals surface area contributed by atoms with E-state index in [0.717, 1.165) is 23.4 Å². The number of aromatic nitrogens is 3. The molecule has 0 bridgehead atoms. The fourth-order valence-electron chi connectivity index (χ4n) is 3.18. The lowest BCUT2D eigenvalue weighted by molar-refractivity contribution is -0.137. The van der Waals surface area contributed by atoms with Crippen LogP contribution in [0.1, 0.15) is 21.5 Å². The van der Waals surface area contributed by atoms with E-state index >= 15 is 0 Å². The number of pyridine rings is 1. The van der Waals surface area contributed by atoms with Gasteiger partial charge in [0.25, 0.3) is 5.91 Å². The van der Waals surface area contributed by atoms with Crippen molar-refractivity contribution in [2.45, 2.75) is 18.3 Å². The summed E-state index contributed by atoms with van der Waals surface area (Å²) in [5, 5.41) is 13.4. The number of rotatable bonds is 6. The minimum absolute atomic E-state index is 0.202. The Balaban J connectivity index is 1.46. The van der Waals surface area contributed by atoms with Gasteiger partial charge in [0.15, 0.2) is 10.8 Å². The summed E-state index contributed by atoms with van der Waals surface area (Å²) in [4.78, 5) is 25.0. The topological polar surface area (TPSA) is 88.4 Å². The van der Waals surface area contributed by atoms with Crippen LogP contribution in [0.2, 0.25) is 0 Å². The lowest BCUT2D eigenvalue weighted by atomic mass is 10.1. The first kappa shape index (κ1) is 23.3. The Bertz CT molecular complexity index is 1370. The molecule has 34 heavy (non-hydrogen) atoms. The largest absolute Gasteiger partial charge is 0.418 e. The molecule has 2 heterocycles. The maximum absolute atomic E-state index is 13.1. The van der Waals surface area contributed by atoms with Crippen LogP contribution in [0.25, 0.3) is 5.65 Å². The van der Waals surface area contributed by atoms with Crippen LogP contribution < -0.4 is 10.6 Å². The number of alkyl halides is 3. The summed E-state index contributed by atoms with van der Waals surface area (Å²) in [6.45, 7) is 1.92. The number of anilines is 2. The number of halogens is 3. The van der Waals surface area contributed by atoms with Gasteiger partial charge in [-0.3, -0.25) is 14.0 Å². The van der Waals surface area contributed by atoms with Gasteiger partial charge in [0.05, 0.1) is 22.6 Å². The van der Waals surface area contributed by atoms with Crippen LogP contribution in [-0.4, -0.2) is 32.2 Å². The van der Waals surface area contributed by atoms with Crippen molar-refractivity contribution in [1.29, 1.82) is 0 Å². The van der Waals surface area contributed by atoms with Gasteiger partial charge in [-0.25, -0.2) is 0 Å². The summed E-state index contributed by atoms with van der Waals surface area (Å²) in [6.07, 6.45) is -3.05. The number of hydrogen-bond donors (Lipinski definition) is 2. The number of benzene rings is 2. The van der Waals surface area contributed by atoms with E-state index in [1.54, 1.807) is 28.8 Å². The van der Waals surface area contributed by atoms with Crippen molar-refractivity contribution >= 4 is 40.6 Å². The molecule has 0 atom stereocenters. The van der Waals surface area contributed by atoms with Crippen molar-refractivity contribution in [2.75, 3.05) is 16.4 Å². The standard InChI is InChI=1S/C23H18F3N5O2S/c1-14-5-4-6-16(11-14)27-21(33)15-9-10-19-29-30-22(31(19)12-15)34-13-20(32)28-18-8-3-2-7-17(18)23(24,25)26/h2-12H,13H2,1H3,(H,27,33)(H,28,32). The molecule has 0 aliphatic heterocycles. The molecule has 2 aromatic carbocycles. The number of carbonyl (C=O) groups excluding carboxylic acids is 2. The molecule has 0 fully saturated rings. The third kappa shape index (κ3) is 5.37. The molecule has 2 amide bonds. The number of hydrogen-bond acceptors (Lipinski definition) is 5. The Kier molecular flexibility index (Phi) is 6.55. The van der Waals surface area contributed by atoms with Gasteiger partial charge >= 0.3 is 6.18 Å². The molecule has 4 rings (SSSR count). The van der Waals surface area contributed by atoms with E-state index in [1.807, 2.05) is 25.1 Å². The van der Waals surface area contributed by atoms with Crippen molar-refractivity contribution in [3.05, 3.63) is 83.6 Å². The number of amides is 2. The highest BCUT2D eigenvalue weighted by atomic mass is 32.2. The SMILES string of the molecule is Cc1cccc(NC(=O)c2ccc3nnc(SCC(=O)Nc4ccccc4C(F)(F)F)n3c2)c1. The van der Waals surface area contributed by atoms with Crippen LogP contribution in [0.15, 0.2) is 72.0 Å². The molecule has 4 aromatic rings. The first-order valence-electron chi connectivity index (χ1n) is 10.0. The number of para-hydroxylation sites is 1. The molecule has 0 unspecified atom stereocenters. The van der Waals surface area contributed by atoms with E-state index in [-0.39, 0.29) is 17.3 Å². The molecule has 2 N–H and O–H groups in total. The van der Waals surface area contributed by atoms with E-state index < -0.39 is 17.6 Å². The summed E-state index contributed by atoms with van der Waals surface area (Å²) in [5.74, 6) is -1.17. The lowest BCUT2D eigenvalue weighted by Crippen LogP contribution is -2.18. The Morgan fingerprint density at radius 2 is 1.79 bits per heavy atom. The zero-order valence-corrected chi connectivity index (χ0v) is 18.6. The molecular formula is C23H18F3N5O2S. The van der Waals surface area contributed by atoms with Crippen LogP contribution in [0.4, 0.5) is 24.5 Å². The number of thioether (sulfide) groups is 1. The van der Waals surface area contributed by atoms with E-state index in [0.29, 0.717) is 22.1 Å². The average Bonchev–Trinajstić information content (AvgIpc) is 3.19. The first-order chi connectivity index (χ1) is 16.2. The second-order valence-electron chi connectivity index (χ2n) is 7.33. The first-order valence-corrected chi connectivity index (χ1v) is 11.0. The molecular weight excluding hydrogens is 467 g/mol. The molecule has 7 nitrogen and oxygen atoms in total. The van der Waals surface area contributed by atoms with E-state index in [4.69, 9.17) is 0 Å². The Labute approximate surface area is 196 Å². The second kappa shape index (κ2) is 9.56. The normalized spacial score (nSPS) is 11.4. The predicted octanol–water partition coefficient (Wildman–Crippen LogP) is 5.04. The zero-order chi connectivity index (χ0) is 24.3. The van der Waals surface area contributed by atoms with Gasteiger partial charge in [-0.2, -0.15) is 13.2 Å². The Hall–Kier alpha value is -3.86. The maximum Gasteiger partial charge on any atom is 0.418 e. The van der Waals surface area contributed by atoms with E-state index in [2.05, 4.69) is 20.8 Å². The van der Waals surface area contributed by atoms with Gasteiger partial charge in [0.2, 0.25) is 5.91 Å². The summed E-state index contributed by atoms with van der Waals surface area (Å²) < 4.78 is 40.9. The average molecular weight is 485 g/mol. The van der Waals surface area contributed by atoms with Crippen LogP contribution in [0, 0.1) is 6.92 Å². The molecule has 0 saturated carbocycles. The van der Waals surface area contributed by atoms with Crippen LogP contribution in [0.3, 0.4) is 0 Å². The molecule has 0 aliphatic carbocycles. The smallest absolute Gasteiger partial charge is 0.325 e. The summed E-state index contributed by atoms with van der Waals surface area (Å²) in [6, 6.07) is 15.3. The fourth-order valence-corrected chi connectivity index (χ4v) is 3.90. The molecule has 11 heteroatoms. The molecule has 174 valence electrons. The van der Waals surface area contributed by atoms with Gasteiger partial charge in [0, 0.05) is 11.9 Å². The highest BCUT2D eigenvalue weighted by Gasteiger charge is 2.33. The van der Waals surface area contributed by atoms with Crippen LogP contribution in [-0.2, 0) is 11.0 Å². The van der Waals surface area contributed by atoms with E-state index in [1.165, 1.54) is 18.2 Å². The second-order valence-corrected chi connectivity index (χ2v) is 8.27. The number of nitrogens with one attached hydrogen (secondary N) is 2. The predicted molar refractivity (Wildman–Crippen MR) is 123 cm³/mol. The number of carbonyl (C=O) groups is 2. The molecule has 0 saturated heterocycles. The Morgan fingerprint density at radius 3 is 2.56 bits per heavy atom. The van der Waals surface area contributed by atoms with Crippen LogP contribution in [0.5, 0.6) is 0 Å². The van der Waals surface area contributed by atoms with Crippen LogP contribution >= 0.6 is 11.8 Å². The molecule has 0 spiro atoms. The van der Waals surface area contributed by atoms with Crippen molar-refractivity contribution in [3.63, 3.8) is 0 Å². The molecule has 0 radical (unpaired) electrons. The summed E-state index contributed by atoms with van der Waals surface area (Å²) >= 11 is 0.988. The number of fused-ring (bicyclic) bond motifs is 1. The third-order valence-corrected chi connectivity index (χ3v) is 5.69. The van der Waals surface area contributed by atoms with Gasteiger partial charge in [0.1, 0.15) is 0 Å². The number of nitrogens with zero attached hydrogens (tertiary/aromatic N) is 3. The van der Waals surface area contributed by atoms with Crippen molar-refractivity contribution < 1.29 is 22.8 Å².